The summed E-state index contributed by atoms with van der Waals surface area (Å²) in [6.07, 6.45) is 0.954. The number of aryl methyl sites for hydroxylation is 1. The average molecular weight is 289 g/mol. The first-order valence-electron chi connectivity index (χ1n) is 6.86. The second-order valence-electron chi connectivity index (χ2n) is 4.92. The topological polar surface area (TPSA) is 29.1 Å². The van der Waals surface area contributed by atoms with Crippen LogP contribution in [0.15, 0.2) is 42.5 Å². The fourth-order valence-electron chi connectivity index (χ4n) is 2.04. The van der Waals surface area contributed by atoms with Gasteiger partial charge in [-0.2, -0.15) is 0 Å². The number of carbonyl (C=O) groups is 1. The van der Waals surface area contributed by atoms with Crippen LogP contribution in [0.2, 0.25) is 0 Å². The normalized spacial score (nSPS) is 12.0. The van der Waals surface area contributed by atoms with Crippen molar-refractivity contribution in [1.29, 1.82) is 0 Å². The molecule has 0 saturated carbocycles. The van der Waals surface area contributed by atoms with Crippen LogP contribution in [-0.4, -0.2) is 5.91 Å². The highest BCUT2D eigenvalue weighted by molar-refractivity contribution is 5.94. The van der Waals surface area contributed by atoms with Crippen molar-refractivity contribution in [1.82, 2.24) is 5.32 Å². The molecule has 2 aromatic carbocycles. The first kappa shape index (κ1) is 15.2. The van der Waals surface area contributed by atoms with Gasteiger partial charge in [-0.25, -0.2) is 8.78 Å². The van der Waals surface area contributed by atoms with Crippen molar-refractivity contribution in [3.05, 3.63) is 70.8 Å². The molecule has 1 unspecified atom stereocenters. The molecule has 2 nitrogen and oxygen atoms in total. The van der Waals surface area contributed by atoms with Crippen LogP contribution in [0.1, 0.15) is 41.4 Å². The molecule has 2 aromatic rings. The number of hydrogen-bond donors (Lipinski definition) is 1. The predicted octanol–water partition coefficient (Wildman–Crippen LogP) is 4.02. The zero-order valence-corrected chi connectivity index (χ0v) is 12.0. The standard InChI is InChI=1S/C17H17F2NO/c1-3-12-4-6-13(7-5-12)11(2)20-17(21)14-8-9-15(18)16(19)10-14/h4-11H,3H2,1-2H3,(H,20,21). The Labute approximate surface area is 122 Å². The molecule has 0 aliphatic carbocycles. The quantitative estimate of drug-likeness (QED) is 0.905. The molecule has 0 fully saturated rings. The third-order valence-electron chi connectivity index (χ3n) is 3.42. The number of amides is 1. The van der Waals surface area contributed by atoms with E-state index in [0.29, 0.717) is 0 Å². The first-order valence-corrected chi connectivity index (χ1v) is 6.86. The van der Waals surface area contributed by atoms with Gasteiger partial charge in [-0.1, -0.05) is 31.2 Å². The Kier molecular flexibility index (Phi) is 4.68. The maximum Gasteiger partial charge on any atom is 0.251 e. The van der Waals surface area contributed by atoms with E-state index in [4.69, 9.17) is 0 Å². The van der Waals surface area contributed by atoms with Gasteiger partial charge in [0.25, 0.3) is 5.91 Å². The zero-order valence-electron chi connectivity index (χ0n) is 12.0. The molecule has 0 bridgehead atoms. The van der Waals surface area contributed by atoms with Gasteiger partial charge in [0.2, 0.25) is 0 Å². The molecular formula is C17H17F2NO. The van der Waals surface area contributed by atoms with E-state index in [-0.39, 0.29) is 11.6 Å². The molecule has 1 N–H and O–H groups in total. The van der Waals surface area contributed by atoms with Crippen molar-refractivity contribution in [3.8, 4) is 0 Å². The smallest absolute Gasteiger partial charge is 0.251 e. The number of carbonyl (C=O) groups excluding carboxylic acids is 1. The molecular weight excluding hydrogens is 272 g/mol. The van der Waals surface area contributed by atoms with Crippen molar-refractivity contribution in [2.24, 2.45) is 0 Å². The summed E-state index contributed by atoms with van der Waals surface area (Å²) < 4.78 is 26.0. The number of nitrogens with one attached hydrogen (secondary N) is 1. The third-order valence-corrected chi connectivity index (χ3v) is 3.42. The Morgan fingerprint density at radius 1 is 1.10 bits per heavy atom. The van der Waals surface area contributed by atoms with E-state index in [1.807, 2.05) is 31.2 Å². The van der Waals surface area contributed by atoms with Gasteiger partial charge >= 0.3 is 0 Å². The summed E-state index contributed by atoms with van der Waals surface area (Å²) in [5.74, 6) is -2.42. The van der Waals surface area contributed by atoms with Crippen LogP contribution in [-0.2, 0) is 6.42 Å². The van der Waals surface area contributed by atoms with Gasteiger partial charge in [-0.15, -0.1) is 0 Å². The van der Waals surface area contributed by atoms with Crippen LogP contribution in [0.25, 0.3) is 0 Å². The van der Waals surface area contributed by atoms with Gasteiger partial charge in [-0.3, -0.25) is 4.79 Å². The summed E-state index contributed by atoms with van der Waals surface area (Å²) in [5.41, 5.74) is 2.28. The largest absolute Gasteiger partial charge is 0.346 e. The highest BCUT2D eigenvalue weighted by atomic mass is 19.2. The molecule has 0 saturated heterocycles. The summed E-state index contributed by atoms with van der Waals surface area (Å²) in [6.45, 7) is 3.92. The van der Waals surface area contributed by atoms with Crippen molar-refractivity contribution < 1.29 is 13.6 Å². The second kappa shape index (κ2) is 6.48. The van der Waals surface area contributed by atoms with E-state index in [0.717, 1.165) is 24.1 Å². The molecule has 0 spiro atoms. The lowest BCUT2D eigenvalue weighted by atomic mass is 10.0. The molecule has 110 valence electrons. The van der Waals surface area contributed by atoms with Gasteiger partial charge in [0, 0.05) is 5.56 Å². The number of rotatable bonds is 4. The van der Waals surface area contributed by atoms with Crippen LogP contribution in [0, 0.1) is 11.6 Å². The zero-order chi connectivity index (χ0) is 15.4. The minimum absolute atomic E-state index is 0.103. The Hall–Kier alpha value is -2.23. The summed E-state index contributed by atoms with van der Waals surface area (Å²) in [6, 6.07) is 10.8. The summed E-state index contributed by atoms with van der Waals surface area (Å²) in [5, 5.41) is 2.77. The van der Waals surface area contributed by atoms with E-state index >= 15 is 0 Å². The highest BCUT2D eigenvalue weighted by Crippen LogP contribution is 2.15. The van der Waals surface area contributed by atoms with Crippen molar-refractivity contribution >= 4 is 5.91 Å². The maximum atomic E-state index is 13.1. The lowest BCUT2D eigenvalue weighted by Gasteiger charge is -2.15. The molecule has 21 heavy (non-hydrogen) atoms. The van der Waals surface area contributed by atoms with Crippen LogP contribution >= 0.6 is 0 Å². The lowest BCUT2D eigenvalue weighted by molar-refractivity contribution is 0.0939. The van der Waals surface area contributed by atoms with E-state index < -0.39 is 17.5 Å². The van der Waals surface area contributed by atoms with E-state index in [1.54, 1.807) is 0 Å². The Balaban J connectivity index is 2.08. The fraction of sp³-hybridized carbons (Fsp3) is 0.235. The van der Waals surface area contributed by atoms with Gasteiger partial charge in [0.1, 0.15) is 0 Å². The SMILES string of the molecule is CCc1ccc(C(C)NC(=O)c2ccc(F)c(F)c2)cc1. The average Bonchev–Trinajstić information content (AvgIpc) is 2.50. The molecule has 0 aliphatic heterocycles. The Morgan fingerprint density at radius 2 is 1.76 bits per heavy atom. The van der Waals surface area contributed by atoms with Crippen molar-refractivity contribution in [2.45, 2.75) is 26.3 Å². The van der Waals surface area contributed by atoms with Crippen molar-refractivity contribution in [2.75, 3.05) is 0 Å². The molecule has 0 aliphatic rings. The van der Waals surface area contributed by atoms with Crippen LogP contribution in [0.3, 0.4) is 0 Å². The van der Waals surface area contributed by atoms with Gasteiger partial charge in [-0.05, 0) is 42.7 Å². The monoisotopic (exact) mass is 289 g/mol. The molecule has 0 radical (unpaired) electrons. The van der Waals surface area contributed by atoms with Gasteiger partial charge < -0.3 is 5.32 Å². The minimum atomic E-state index is -1.03. The van der Waals surface area contributed by atoms with Gasteiger partial charge in [0.15, 0.2) is 11.6 Å². The summed E-state index contributed by atoms with van der Waals surface area (Å²) >= 11 is 0. The molecule has 4 heteroatoms. The van der Waals surface area contributed by atoms with E-state index in [1.165, 1.54) is 11.6 Å². The first-order chi connectivity index (χ1) is 10.0. The maximum absolute atomic E-state index is 13.1. The molecule has 1 amide bonds. The molecule has 0 heterocycles. The Morgan fingerprint density at radius 3 is 2.33 bits per heavy atom. The lowest BCUT2D eigenvalue weighted by Crippen LogP contribution is -2.26. The molecule has 1 atom stereocenters. The number of hydrogen-bond acceptors (Lipinski definition) is 1. The summed E-state index contributed by atoms with van der Waals surface area (Å²) in [7, 11) is 0. The van der Waals surface area contributed by atoms with Gasteiger partial charge in [0.05, 0.1) is 6.04 Å². The number of halogens is 2. The third kappa shape index (κ3) is 3.66. The van der Waals surface area contributed by atoms with Crippen molar-refractivity contribution in [3.63, 3.8) is 0 Å². The molecule has 2 rings (SSSR count). The van der Waals surface area contributed by atoms with E-state index in [2.05, 4.69) is 12.2 Å². The fourth-order valence-corrected chi connectivity index (χ4v) is 2.04. The highest BCUT2D eigenvalue weighted by Gasteiger charge is 2.13. The Bertz CT molecular complexity index is 638. The van der Waals surface area contributed by atoms with Crippen LogP contribution in [0.4, 0.5) is 8.78 Å². The predicted molar refractivity (Wildman–Crippen MR) is 78.1 cm³/mol. The second-order valence-corrected chi connectivity index (χ2v) is 4.92. The minimum Gasteiger partial charge on any atom is -0.346 e. The number of benzene rings is 2. The summed E-state index contributed by atoms with van der Waals surface area (Å²) in [4.78, 5) is 12.0. The van der Waals surface area contributed by atoms with Crippen LogP contribution in [0.5, 0.6) is 0 Å². The van der Waals surface area contributed by atoms with E-state index in [9.17, 15) is 13.6 Å². The van der Waals surface area contributed by atoms with Crippen LogP contribution < -0.4 is 5.32 Å². The molecule has 0 aromatic heterocycles.